The van der Waals surface area contributed by atoms with E-state index in [0.717, 1.165) is 50.8 Å². The third-order valence-electron chi connectivity index (χ3n) is 14.3. The van der Waals surface area contributed by atoms with Gasteiger partial charge in [-0.25, -0.2) is 4.98 Å². The lowest BCUT2D eigenvalue weighted by molar-refractivity contribution is -0.230. The van der Waals surface area contributed by atoms with Gasteiger partial charge in [-0.15, -0.1) is 0 Å². The van der Waals surface area contributed by atoms with Crippen LogP contribution in [0.5, 0.6) is 0 Å². The van der Waals surface area contributed by atoms with E-state index in [0.29, 0.717) is 41.3 Å². The number of carbonyl (C=O) groups excluding carboxylic acids is 2. The summed E-state index contributed by atoms with van der Waals surface area (Å²) in [4.78, 5) is 31.9. The number of aryl methyl sites for hydroxylation is 1. The molecular formula is C34H50N2O2. The lowest BCUT2D eigenvalue weighted by Gasteiger charge is -2.72. The number of hydrogen-bond donors (Lipinski definition) is 0. The van der Waals surface area contributed by atoms with Crippen LogP contribution in [0.15, 0.2) is 24.5 Å². The molecule has 0 aliphatic heterocycles. The van der Waals surface area contributed by atoms with Crippen molar-refractivity contribution in [2.75, 3.05) is 0 Å². The quantitative estimate of drug-likeness (QED) is 0.372. The van der Waals surface area contributed by atoms with Crippen molar-refractivity contribution in [3.63, 3.8) is 0 Å². The molecule has 0 unspecified atom stereocenters. The first kappa shape index (κ1) is 26.5. The first-order valence-corrected chi connectivity index (χ1v) is 15.5. The Hall–Kier alpha value is -1.71. The molecular weight excluding hydrogens is 468 g/mol. The standard InChI is InChI=1S/C34H50N2O2/c1-21(2)23-11-16-34(29(38)36-20-19-35-22(36)3)18-17-32(7)24(28(23)34)9-10-26-31(6)14-13-27(37)30(4,5)25(31)12-15-33(26,32)8/h19-20,23-26,28H,1,9-18H2,2-8H3/t23-,24+,25-,26+,28+,31-,32+,33+,34-/m0/s1. The maximum atomic E-state index is 14.4. The van der Waals surface area contributed by atoms with Gasteiger partial charge in [-0.05, 0) is 117 Å². The molecule has 0 radical (unpaired) electrons. The second-order valence-electron chi connectivity index (χ2n) is 15.6. The van der Waals surface area contributed by atoms with Gasteiger partial charge in [0.25, 0.3) is 0 Å². The van der Waals surface area contributed by atoms with Gasteiger partial charge in [0.05, 0.1) is 5.41 Å². The lowest BCUT2D eigenvalue weighted by Crippen LogP contribution is -2.66. The minimum atomic E-state index is -0.303. The minimum absolute atomic E-state index is 0.200. The Labute approximate surface area is 230 Å². The monoisotopic (exact) mass is 518 g/mol. The fraction of sp³-hybridized carbons (Fsp3) is 0.794. The zero-order valence-corrected chi connectivity index (χ0v) is 25.0. The molecule has 5 saturated carbocycles. The van der Waals surface area contributed by atoms with Crippen molar-refractivity contribution in [1.82, 2.24) is 9.55 Å². The molecule has 6 rings (SSSR count). The van der Waals surface area contributed by atoms with Gasteiger partial charge in [0.2, 0.25) is 5.91 Å². The van der Waals surface area contributed by atoms with Gasteiger partial charge in [-0.2, -0.15) is 0 Å². The molecule has 1 aromatic rings. The highest BCUT2D eigenvalue weighted by Gasteiger charge is 2.72. The first-order valence-electron chi connectivity index (χ1n) is 15.5. The minimum Gasteiger partial charge on any atom is -0.299 e. The summed E-state index contributed by atoms with van der Waals surface area (Å²) in [6.07, 6.45) is 14.5. The summed E-state index contributed by atoms with van der Waals surface area (Å²) in [7, 11) is 0. The van der Waals surface area contributed by atoms with Gasteiger partial charge in [0.1, 0.15) is 11.6 Å². The number of Topliss-reactive ketones (excluding diaryl/α,β-unsaturated/α-hetero) is 1. The first-order chi connectivity index (χ1) is 17.7. The summed E-state index contributed by atoms with van der Waals surface area (Å²) in [5.74, 6) is 4.03. The zero-order chi connectivity index (χ0) is 27.5. The number of rotatable bonds is 2. The van der Waals surface area contributed by atoms with Crippen LogP contribution in [-0.4, -0.2) is 21.2 Å². The summed E-state index contributed by atoms with van der Waals surface area (Å²) < 4.78 is 1.86. The molecule has 38 heavy (non-hydrogen) atoms. The van der Waals surface area contributed by atoms with Crippen molar-refractivity contribution >= 4 is 11.7 Å². The van der Waals surface area contributed by atoms with Gasteiger partial charge in [-0.1, -0.05) is 46.8 Å². The Balaban J connectivity index is 1.42. The fourth-order valence-corrected chi connectivity index (χ4v) is 12.1. The van der Waals surface area contributed by atoms with Crippen LogP contribution in [0.3, 0.4) is 0 Å². The van der Waals surface area contributed by atoms with E-state index in [4.69, 9.17) is 0 Å². The van der Waals surface area contributed by atoms with Crippen molar-refractivity contribution in [3.05, 3.63) is 30.4 Å². The van der Waals surface area contributed by atoms with E-state index in [2.05, 4.69) is 53.1 Å². The van der Waals surface area contributed by atoms with E-state index in [1.807, 2.05) is 17.7 Å². The zero-order valence-electron chi connectivity index (χ0n) is 25.0. The Bertz CT molecular complexity index is 1190. The fourth-order valence-electron chi connectivity index (χ4n) is 12.1. The van der Waals surface area contributed by atoms with Crippen LogP contribution in [0, 0.1) is 63.6 Å². The van der Waals surface area contributed by atoms with Crippen molar-refractivity contribution in [2.24, 2.45) is 56.7 Å². The number of carbonyl (C=O) groups is 2. The van der Waals surface area contributed by atoms with Crippen molar-refractivity contribution in [1.29, 1.82) is 0 Å². The largest absolute Gasteiger partial charge is 0.299 e. The van der Waals surface area contributed by atoms with Crippen LogP contribution in [0.2, 0.25) is 0 Å². The molecule has 5 aliphatic rings. The van der Waals surface area contributed by atoms with Crippen LogP contribution in [0.1, 0.15) is 116 Å². The highest BCUT2D eigenvalue weighted by atomic mass is 16.2. The van der Waals surface area contributed by atoms with Crippen LogP contribution >= 0.6 is 0 Å². The molecule has 5 fully saturated rings. The Morgan fingerprint density at radius 2 is 1.68 bits per heavy atom. The van der Waals surface area contributed by atoms with Crippen LogP contribution in [-0.2, 0) is 4.79 Å². The Morgan fingerprint density at radius 1 is 0.947 bits per heavy atom. The van der Waals surface area contributed by atoms with E-state index in [-0.39, 0.29) is 27.1 Å². The van der Waals surface area contributed by atoms with Crippen LogP contribution in [0.25, 0.3) is 0 Å². The molecule has 0 spiro atoms. The molecule has 1 heterocycles. The lowest BCUT2D eigenvalue weighted by atomic mass is 9.32. The molecule has 0 N–H and O–H groups in total. The molecule has 9 atom stereocenters. The summed E-state index contributed by atoms with van der Waals surface area (Å²) in [6.45, 7) is 20.9. The van der Waals surface area contributed by atoms with Gasteiger partial charge in [0.15, 0.2) is 0 Å². The predicted octanol–water partition coefficient (Wildman–Crippen LogP) is 8.06. The smallest absolute Gasteiger partial charge is 0.238 e. The van der Waals surface area contributed by atoms with E-state index >= 15 is 0 Å². The van der Waals surface area contributed by atoms with Crippen LogP contribution in [0.4, 0.5) is 0 Å². The van der Waals surface area contributed by atoms with Gasteiger partial charge in [0, 0.05) is 24.2 Å². The van der Waals surface area contributed by atoms with Crippen molar-refractivity contribution < 1.29 is 9.59 Å². The van der Waals surface area contributed by atoms with Gasteiger partial charge in [-0.3, -0.25) is 14.2 Å². The molecule has 4 heteroatoms. The molecule has 0 amide bonds. The molecule has 5 aliphatic carbocycles. The predicted molar refractivity (Wildman–Crippen MR) is 152 cm³/mol. The van der Waals surface area contributed by atoms with E-state index < -0.39 is 0 Å². The second kappa shape index (κ2) is 8.16. The number of imidazole rings is 1. The number of aromatic nitrogens is 2. The molecule has 0 aromatic carbocycles. The summed E-state index contributed by atoms with van der Waals surface area (Å²) in [6, 6.07) is 0. The highest BCUT2D eigenvalue weighted by molar-refractivity contribution is 5.87. The SMILES string of the molecule is C=C(C)[C@@H]1CC[C@]2(C(=O)n3ccnc3C)CC[C@]3(C)[C@H](CC[C@@H]4[C@@]5(C)CCC(=O)C(C)(C)[C@@H]5CC[C@]43C)[C@@H]12. The summed E-state index contributed by atoms with van der Waals surface area (Å²) >= 11 is 0. The van der Waals surface area contributed by atoms with Crippen molar-refractivity contribution in [3.8, 4) is 0 Å². The number of fused-ring (bicyclic) bond motifs is 7. The molecule has 0 saturated heterocycles. The van der Waals surface area contributed by atoms with Crippen molar-refractivity contribution in [2.45, 2.75) is 113 Å². The van der Waals surface area contributed by atoms with E-state index in [1.54, 1.807) is 6.20 Å². The van der Waals surface area contributed by atoms with E-state index in [9.17, 15) is 9.59 Å². The van der Waals surface area contributed by atoms with Gasteiger partial charge < -0.3 is 0 Å². The molecule has 0 bridgehead atoms. The topological polar surface area (TPSA) is 52.0 Å². The average molecular weight is 519 g/mol. The van der Waals surface area contributed by atoms with Crippen LogP contribution < -0.4 is 0 Å². The Kier molecular flexibility index (Phi) is 5.70. The number of ketones is 1. The third kappa shape index (κ3) is 3.07. The third-order valence-corrected chi connectivity index (χ3v) is 14.3. The number of nitrogens with zero attached hydrogens (tertiary/aromatic N) is 2. The average Bonchev–Trinajstić information content (AvgIpc) is 3.46. The number of allylic oxidation sites excluding steroid dienone is 1. The molecule has 1 aromatic heterocycles. The number of hydrogen-bond acceptors (Lipinski definition) is 3. The second-order valence-corrected chi connectivity index (χ2v) is 15.6. The van der Waals surface area contributed by atoms with E-state index in [1.165, 1.54) is 24.8 Å². The van der Waals surface area contributed by atoms with Gasteiger partial charge >= 0.3 is 0 Å². The summed E-state index contributed by atoms with van der Waals surface area (Å²) in [5.41, 5.74) is 1.42. The molecule has 208 valence electrons. The Morgan fingerprint density at radius 3 is 2.34 bits per heavy atom. The molecule has 4 nitrogen and oxygen atoms in total. The summed E-state index contributed by atoms with van der Waals surface area (Å²) in [5, 5.41) is 0. The normalized spacial score (nSPS) is 47.4. The highest BCUT2D eigenvalue weighted by Crippen LogP contribution is 2.77. The maximum absolute atomic E-state index is 14.4. The maximum Gasteiger partial charge on any atom is 0.238 e.